The van der Waals surface area contributed by atoms with Crippen molar-refractivity contribution < 1.29 is 75.5 Å². The molecule has 15 atom stereocenters. The van der Waals surface area contributed by atoms with E-state index in [1.807, 2.05) is 0 Å². The third-order valence-electron chi connectivity index (χ3n) is 6.68. The second-order valence-corrected chi connectivity index (χ2v) is 8.61. The molecule has 3 unspecified atom stereocenters. The molecule has 0 spiro atoms. The van der Waals surface area contributed by atoms with Crippen molar-refractivity contribution in [1.29, 1.82) is 1.43 Å². The van der Waals surface area contributed by atoms with Gasteiger partial charge in [0.2, 0.25) is 1.43 Å². The van der Waals surface area contributed by atoms with Gasteiger partial charge in [0.05, 0.1) is 19.8 Å². The number of rotatable bonds is 6. The Morgan fingerprint density at radius 1 is 0.545 bits per heavy atom. The summed E-state index contributed by atoms with van der Waals surface area (Å²) in [5, 5.41) is 117. The fraction of sp³-hybridized carbons (Fsp3) is 1.00. The number of ether oxygens (including phenoxy) is 3. The number of aliphatic hydroxyl groups is 12. The minimum Gasteiger partial charge on any atom is -0.394 e. The fourth-order valence-electron chi connectivity index (χ4n) is 4.68. The van der Waals surface area contributed by atoms with Crippen LogP contribution in [0.5, 0.6) is 0 Å². The van der Waals surface area contributed by atoms with Gasteiger partial charge in [0.15, 0.2) is 5.60 Å². The van der Waals surface area contributed by atoms with Gasteiger partial charge in [-0.25, -0.2) is 0 Å². The minimum atomic E-state index is -2.74. The molecule has 15 nitrogen and oxygen atoms in total. The van der Waals surface area contributed by atoms with Crippen LogP contribution in [0.4, 0.5) is 0 Å². The molecule has 0 radical (unpaired) electrons. The van der Waals surface area contributed by atoms with Crippen LogP contribution in [-0.2, 0) is 14.2 Å². The number of aliphatic hydroxyl groups excluding tert-OH is 11. The summed E-state index contributed by atoms with van der Waals surface area (Å²) in [5.74, 6) is 0. The monoisotopic (exact) mass is 489 g/mol. The lowest BCUT2D eigenvalue weighted by Gasteiger charge is -2.57. The Bertz CT molecular complexity index is 671. The number of hydrogen-bond acceptors (Lipinski definition) is 15. The van der Waals surface area contributed by atoms with Crippen molar-refractivity contribution in [2.45, 2.75) is 91.1 Å². The van der Waals surface area contributed by atoms with Gasteiger partial charge < -0.3 is 75.5 Å². The smallest absolute Gasteiger partial charge is 0.211 e. The first-order valence-electron chi connectivity index (χ1n) is 10.8. The minimum absolute atomic E-state index is 0.850. The lowest BCUT2D eigenvalue weighted by atomic mass is 9.71. The van der Waals surface area contributed by atoms with Gasteiger partial charge in [-0.2, -0.15) is 0 Å². The van der Waals surface area contributed by atoms with E-state index in [-0.39, 0.29) is 0 Å². The summed E-state index contributed by atoms with van der Waals surface area (Å²) in [6, 6.07) is 0. The van der Waals surface area contributed by atoms with Crippen LogP contribution in [0.1, 0.15) is 0 Å². The Labute approximate surface area is 188 Å². The maximum Gasteiger partial charge on any atom is 0.211 e. The summed E-state index contributed by atoms with van der Waals surface area (Å²) in [7, 11) is 0. The molecule has 3 heterocycles. The largest absolute Gasteiger partial charge is 0.394 e. The molecule has 0 aromatic carbocycles. The number of hydrogen-bond donors (Lipinski definition) is 12. The molecule has 0 aliphatic carbocycles. The molecule has 33 heavy (non-hydrogen) atoms. The van der Waals surface area contributed by atoms with E-state index in [1.54, 1.807) is 0 Å². The van der Waals surface area contributed by atoms with Crippen LogP contribution in [0.15, 0.2) is 0 Å². The van der Waals surface area contributed by atoms with E-state index in [4.69, 9.17) is 20.8 Å². The second-order valence-electron chi connectivity index (χ2n) is 8.61. The Balaban J connectivity index is 2.12. The average molecular weight is 489 g/mol. The summed E-state index contributed by atoms with van der Waals surface area (Å²) in [6.45, 7) is -2.63. The molecule has 3 saturated heterocycles. The van der Waals surface area contributed by atoms with Gasteiger partial charge in [-0.1, -0.05) is 0 Å². The predicted octanol–water partition coefficient (Wildman–Crippen LogP) is -8.12. The van der Waals surface area contributed by atoms with Crippen molar-refractivity contribution in [3.63, 3.8) is 0 Å². The molecular formula is C18H32O15. The first kappa shape index (κ1) is 25.5. The maximum absolute atomic E-state index is 11.0. The van der Waals surface area contributed by atoms with E-state index >= 15 is 0 Å². The Hall–Kier alpha value is -0.600. The van der Waals surface area contributed by atoms with E-state index in [2.05, 4.69) is 0 Å². The van der Waals surface area contributed by atoms with Gasteiger partial charge in [-0.3, -0.25) is 0 Å². The van der Waals surface area contributed by atoms with Crippen molar-refractivity contribution in [3.05, 3.63) is 0 Å². The van der Waals surface area contributed by atoms with Crippen LogP contribution >= 0.6 is 0 Å². The van der Waals surface area contributed by atoms with Crippen molar-refractivity contribution in [3.8, 4) is 0 Å². The highest BCUT2D eigenvalue weighted by atomic mass is 16.6. The summed E-state index contributed by atoms with van der Waals surface area (Å²) < 4.78 is 24.2. The Kier molecular flexibility index (Phi) is 7.86. The van der Waals surface area contributed by atoms with Crippen molar-refractivity contribution in [1.82, 2.24) is 0 Å². The first-order chi connectivity index (χ1) is 16.0. The topological polar surface area (TPSA) is 270 Å². The maximum atomic E-state index is 11.0. The molecule has 0 saturated carbocycles. The highest BCUT2D eigenvalue weighted by Gasteiger charge is 2.67. The van der Waals surface area contributed by atoms with Crippen LogP contribution in [0.3, 0.4) is 0 Å². The highest BCUT2D eigenvalue weighted by molar-refractivity contribution is 5.16. The molecule has 194 valence electrons. The Morgan fingerprint density at radius 3 is 1.52 bits per heavy atom. The van der Waals surface area contributed by atoms with Gasteiger partial charge in [0.25, 0.3) is 0 Å². The van der Waals surface area contributed by atoms with Gasteiger partial charge in [0, 0.05) is 0 Å². The summed E-state index contributed by atoms with van der Waals surface area (Å²) in [6.07, 6.45) is -26.3. The van der Waals surface area contributed by atoms with Crippen molar-refractivity contribution >= 4 is 0 Å². The molecule has 3 aliphatic rings. The van der Waals surface area contributed by atoms with Crippen molar-refractivity contribution in [2.24, 2.45) is 0 Å². The quantitative estimate of drug-likeness (QED) is 0.165. The van der Waals surface area contributed by atoms with E-state index in [1.165, 1.54) is 0 Å². The van der Waals surface area contributed by atoms with Gasteiger partial charge >= 0.3 is 0 Å². The fourth-order valence-corrected chi connectivity index (χ4v) is 4.68. The lowest BCUT2D eigenvalue weighted by molar-refractivity contribution is -0.370. The molecule has 0 amide bonds. The molecular weight excluding hydrogens is 456 g/mol. The molecule has 0 bridgehead atoms. The van der Waals surface area contributed by atoms with E-state index < -0.39 is 111 Å². The van der Waals surface area contributed by atoms with Crippen LogP contribution in [-0.4, -0.2) is 174 Å². The van der Waals surface area contributed by atoms with Gasteiger partial charge in [-0.15, -0.1) is 0 Å². The molecule has 0 aromatic rings. The summed E-state index contributed by atoms with van der Waals surface area (Å²) in [4.78, 5) is 0. The molecule has 0 aromatic heterocycles. The highest BCUT2D eigenvalue weighted by Crippen LogP contribution is 2.42. The van der Waals surface area contributed by atoms with E-state index in [9.17, 15) is 56.2 Å². The molecule has 3 fully saturated rings. The average Bonchev–Trinajstić information content (AvgIpc) is 2.84. The SMILES string of the molecule is [2H]O[C@@]1(C2O[C@H](CO)[C@H](O)[C@H](O)[C@H]2O)C(C2O[C@H](CO)[C@H](O)[C@H](O)[C@H]2O)O[C@H](CO)[C@H](O)[C@@H]1O. The first-order valence-corrected chi connectivity index (χ1v) is 10.4. The zero-order valence-corrected chi connectivity index (χ0v) is 17.3. The van der Waals surface area contributed by atoms with E-state index in [0.717, 1.165) is 0 Å². The van der Waals surface area contributed by atoms with Crippen molar-refractivity contribution in [2.75, 3.05) is 19.8 Å². The van der Waals surface area contributed by atoms with Crippen LogP contribution in [0.25, 0.3) is 0 Å². The third kappa shape index (κ3) is 4.31. The second kappa shape index (κ2) is 10.2. The van der Waals surface area contributed by atoms with Crippen LogP contribution in [0, 0.1) is 0 Å². The van der Waals surface area contributed by atoms with E-state index in [0.29, 0.717) is 0 Å². The summed E-state index contributed by atoms with van der Waals surface area (Å²) >= 11 is 0. The zero-order chi connectivity index (χ0) is 25.5. The van der Waals surface area contributed by atoms with Crippen LogP contribution in [0.2, 0.25) is 0 Å². The molecule has 15 heteroatoms. The van der Waals surface area contributed by atoms with Gasteiger partial charge in [-0.05, 0) is 0 Å². The van der Waals surface area contributed by atoms with Crippen LogP contribution < -0.4 is 0 Å². The molecule has 3 rings (SSSR count). The molecule has 12 N–H and O–H groups in total. The zero-order valence-electron chi connectivity index (χ0n) is 18.3. The standard InChI is InChI=1S/C18H32O15/c19-1-4-7(22)10(25)12(27)14(31-4)17-18(30,15(29)9(24)6(3-21)33-17)16-13(28)11(26)8(23)5(2-20)32-16/h4-17,19-30H,1-3H2/t4-,5-,6-,7+,8+,9+,10+,11+,12-,13-,14?,15+,16?,17?,18+/m1/s1/i30D. The third-order valence-corrected chi connectivity index (χ3v) is 6.68. The van der Waals surface area contributed by atoms with Gasteiger partial charge in [0.1, 0.15) is 85.5 Å². The molecule has 3 aliphatic heterocycles. The predicted molar refractivity (Wildman–Crippen MR) is 100 cm³/mol. The Morgan fingerprint density at radius 2 is 1.00 bits per heavy atom. The summed E-state index contributed by atoms with van der Waals surface area (Å²) in [5.41, 5.74) is -2.74. The lowest BCUT2D eigenvalue weighted by Crippen LogP contribution is -2.80. The normalized spacial score (nSPS) is 56.4.